The van der Waals surface area contributed by atoms with Crippen molar-refractivity contribution in [3.63, 3.8) is 0 Å². The third-order valence-electron chi connectivity index (χ3n) is 3.45. The number of carbonyl (C=O) groups is 1. The fourth-order valence-electron chi connectivity index (χ4n) is 2.20. The van der Waals surface area contributed by atoms with Crippen LogP contribution in [0.3, 0.4) is 0 Å². The maximum Gasteiger partial charge on any atom is 0.337 e. The molecule has 0 aliphatic heterocycles. The summed E-state index contributed by atoms with van der Waals surface area (Å²) in [6.45, 7) is 1.95. The van der Waals surface area contributed by atoms with Crippen molar-refractivity contribution in [1.82, 2.24) is 24.5 Å². The van der Waals surface area contributed by atoms with Crippen LogP contribution < -0.4 is 0 Å². The van der Waals surface area contributed by atoms with E-state index in [9.17, 15) is 4.79 Å². The van der Waals surface area contributed by atoms with Crippen molar-refractivity contribution in [2.24, 2.45) is 7.05 Å². The summed E-state index contributed by atoms with van der Waals surface area (Å²) < 4.78 is 8.26. The van der Waals surface area contributed by atoms with Crippen LogP contribution in [0, 0.1) is 6.92 Å². The molecule has 3 aromatic rings. The van der Waals surface area contributed by atoms with Gasteiger partial charge in [-0.1, -0.05) is 11.3 Å². The summed E-state index contributed by atoms with van der Waals surface area (Å²) in [7, 11) is 3.25. The van der Waals surface area contributed by atoms with Gasteiger partial charge in [0, 0.05) is 7.05 Å². The van der Waals surface area contributed by atoms with E-state index in [4.69, 9.17) is 4.74 Å². The molecule has 0 amide bonds. The van der Waals surface area contributed by atoms with E-state index in [1.165, 1.54) is 7.11 Å². The largest absolute Gasteiger partial charge is 0.465 e. The van der Waals surface area contributed by atoms with Gasteiger partial charge in [-0.25, -0.2) is 14.5 Å². The first-order valence-electron chi connectivity index (χ1n) is 6.68. The Morgan fingerprint density at radius 2 is 2.14 bits per heavy atom. The van der Waals surface area contributed by atoms with Crippen molar-refractivity contribution >= 4 is 5.97 Å². The number of aromatic nitrogens is 5. The van der Waals surface area contributed by atoms with Crippen molar-refractivity contribution in [2.45, 2.75) is 6.92 Å². The number of hydrogen-bond acceptors (Lipinski definition) is 5. The molecule has 22 heavy (non-hydrogen) atoms. The van der Waals surface area contributed by atoms with E-state index in [1.807, 2.05) is 24.6 Å². The van der Waals surface area contributed by atoms with Crippen LogP contribution in [0.5, 0.6) is 0 Å². The SMILES string of the molecule is COC(=O)c1ccc(C)c(-n2cc(-c3cncn3C)nn2)c1. The molecule has 0 aliphatic carbocycles. The first-order valence-corrected chi connectivity index (χ1v) is 6.68. The maximum atomic E-state index is 11.7. The molecular formula is C15H15N5O2. The number of hydrogen-bond donors (Lipinski definition) is 0. The molecule has 0 bridgehead atoms. The highest BCUT2D eigenvalue weighted by atomic mass is 16.5. The predicted molar refractivity (Wildman–Crippen MR) is 79.6 cm³/mol. The van der Waals surface area contributed by atoms with Gasteiger partial charge in [-0.3, -0.25) is 0 Å². The quantitative estimate of drug-likeness (QED) is 0.689. The topological polar surface area (TPSA) is 74.8 Å². The third kappa shape index (κ3) is 2.37. The predicted octanol–water partition coefficient (Wildman–Crippen LogP) is 1.76. The Bertz CT molecular complexity index is 834. The highest BCUT2D eigenvalue weighted by Gasteiger charge is 2.12. The molecule has 112 valence electrons. The fourth-order valence-corrected chi connectivity index (χ4v) is 2.20. The average Bonchev–Trinajstić information content (AvgIpc) is 3.15. The molecule has 0 spiro atoms. The molecule has 0 radical (unpaired) electrons. The Kier molecular flexibility index (Phi) is 3.46. The number of carbonyl (C=O) groups excluding carboxylic acids is 1. The van der Waals surface area contributed by atoms with Crippen molar-refractivity contribution in [3.05, 3.63) is 48.0 Å². The Morgan fingerprint density at radius 1 is 1.32 bits per heavy atom. The lowest BCUT2D eigenvalue weighted by Crippen LogP contribution is -2.05. The van der Waals surface area contributed by atoms with E-state index in [2.05, 4.69) is 15.3 Å². The fraction of sp³-hybridized carbons (Fsp3) is 0.200. The molecule has 2 aromatic heterocycles. The van der Waals surface area contributed by atoms with Gasteiger partial charge in [-0.2, -0.15) is 0 Å². The summed E-state index contributed by atoms with van der Waals surface area (Å²) in [6.07, 6.45) is 5.24. The van der Waals surface area contributed by atoms with Crippen LogP contribution >= 0.6 is 0 Å². The van der Waals surface area contributed by atoms with Crippen LogP contribution in [0.1, 0.15) is 15.9 Å². The van der Waals surface area contributed by atoms with Gasteiger partial charge >= 0.3 is 5.97 Å². The van der Waals surface area contributed by atoms with Gasteiger partial charge in [-0.15, -0.1) is 5.10 Å². The number of benzene rings is 1. The molecule has 7 heteroatoms. The monoisotopic (exact) mass is 297 g/mol. The highest BCUT2D eigenvalue weighted by molar-refractivity contribution is 5.90. The zero-order valence-electron chi connectivity index (χ0n) is 12.5. The number of imidazole rings is 1. The smallest absolute Gasteiger partial charge is 0.337 e. The zero-order valence-corrected chi connectivity index (χ0v) is 12.5. The Morgan fingerprint density at radius 3 is 2.82 bits per heavy atom. The Hall–Kier alpha value is -2.96. The minimum Gasteiger partial charge on any atom is -0.465 e. The standard InChI is InChI=1S/C15H15N5O2/c1-10-4-5-11(15(21)22-3)6-13(10)20-8-12(17-18-20)14-7-16-9-19(14)2/h4-9H,1-3H3. The van der Waals surface area contributed by atoms with E-state index in [-0.39, 0.29) is 5.97 Å². The van der Waals surface area contributed by atoms with E-state index in [1.54, 1.807) is 35.5 Å². The number of rotatable bonds is 3. The molecule has 3 rings (SSSR count). The molecule has 7 nitrogen and oxygen atoms in total. The van der Waals surface area contributed by atoms with Gasteiger partial charge < -0.3 is 9.30 Å². The second kappa shape index (κ2) is 5.44. The van der Waals surface area contributed by atoms with Gasteiger partial charge in [0.25, 0.3) is 0 Å². The van der Waals surface area contributed by atoms with Crippen LogP contribution in [0.25, 0.3) is 17.1 Å². The number of ether oxygens (including phenoxy) is 1. The number of nitrogens with zero attached hydrogens (tertiary/aromatic N) is 5. The Balaban J connectivity index is 2.03. The Labute approximate surface area is 127 Å². The van der Waals surface area contributed by atoms with Crippen molar-refractivity contribution in [1.29, 1.82) is 0 Å². The van der Waals surface area contributed by atoms with Crippen LogP contribution in [-0.2, 0) is 11.8 Å². The van der Waals surface area contributed by atoms with E-state index in [0.29, 0.717) is 11.3 Å². The molecule has 0 aliphatic rings. The molecule has 0 fully saturated rings. The van der Waals surface area contributed by atoms with Gasteiger partial charge in [-0.05, 0) is 24.6 Å². The molecule has 0 atom stereocenters. The first-order chi connectivity index (χ1) is 10.6. The molecule has 1 aromatic carbocycles. The summed E-state index contributed by atoms with van der Waals surface area (Å²) in [5, 5.41) is 8.31. The molecule has 0 unspecified atom stereocenters. The second-order valence-corrected chi connectivity index (χ2v) is 4.93. The summed E-state index contributed by atoms with van der Waals surface area (Å²) in [5.74, 6) is -0.381. The van der Waals surface area contributed by atoms with E-state index in [0.717, 1.165) is 16.9 Å². The van der Waals surface area contributed by atoms with E-state index >= 15 is 0 Å². The van der Waals surface area contributed by atoms with Crippen LogP contribution in [0.4, 0.5) is 0 Å². The molecule has 0 saturated carbocycles. The van der Waals surface area contributed by atoms with E-state index < -0.39 is 0 Å². The molecular weight excluding hydrogens is 282 g/mol. The van der Waals surface area contributed by atoms with Gasteiger partial charge in [0.2, 0.25) is 0 Å². The number of methoxy groups -OCH3 is 1. The van der Waals surface area contributed by atoms with Crippen molar-refractivity contribution in [2.75, 3.05) is 7.11 Å². The normalized spacial score (nSPS) is 10.7. The number of aryl methyl sites for hydroxylation is 2. The first kappa shape index (κ1) is 14.0. The summed E-state index contributed by atoms with van der Waals surface area (Å²) >= 11 is 0. The van der Waals surface area contributed by atoms with Crippen LogP contribution in [0.2, 0.25) is 0 Å². The van der Waals surface area contributed by atoms with Crippen LogP contribution in [-0.4, -0.2) is 37.6 Å². The highest BCUT2D eigenvalue weighted by Crippen LogP contribution is 2.20. The van der Waals surface area contributed by atoms with Crippen molar-refractivity contribution in [3.8, 4) is 17.1 Å². The van der Waals surface area contributed by atoms with Crippen LogP contribution in [0.15, 0.2) is 36.9 Å². The van der Waals surface area contributed by atoms with Gasteiger partial charge in [0.05, 0.1) is 42.8 Å². The minimum absolute atomic E-state index is 0.381. The average molecular weight is 297 g/mol. The number of esters is 1. The molecule has 2 heterocycles. The minimum atomic E-state index is -0.381. The zero-order chi connectivity index (χ0) is 15.7. The summed E-state index contributed by atoms with van der Waals surface area (Å²) in [4.78, 5) is 15.7. The second-order valence-electron chi connectivity index (χ2n) is 4.93. The molecule has 0 N–H and O–H groups in total. The van der Waals surface area contributed by atoms with Crippen molar-refractivity contribution < 1.29 is 9.53 Å². The maximum absolute atomic E-state index is 11.7. The lowest BCUT2D eigenvalue weighted by atomic mass is 10.1. The summed E-state index contributed by atoms with van der Waals surface area (Å²) in [6, 6.07) is 5.32. The van der Waals surface area contributed by atoms with Gasteiger partial charge in [0.15, 0.2) is 0 Å². The lowest BCUT2D eigenvalue weighted by Gasteiger charge is -2.07. The third-order valence-corrected chi connectivity index (χ3v) is 3.45. The summed E-state index contributed by atoms with van der Waals surface area (Å²) in [5.41, 5.74) is 3.81. The van der Waals surface area contributed by atoms with Gasteiger partial charge in [0.1, 0.15) is 5.69 Å². The molecule has 0 saturated heterocycles. The lowest BCUT2D eigenvalue weighted by molar-refractivity contribution is 0.0600.